The molecule has 2 unspecified atom stereocenters. The van der Waals surface area contributed by atoms with E-state index in [1.54, 1.807) is 0 Å². The maximum Gasteiger partial charge on any atom is 0.0238 e. The van der Waals surface area contributed by atoms with Crippen LogP contribution in [0.15, 0.2) is 0 Å². The van der Waals surface area contributed by atoms with Crippen molar-refractivity contribution in [2.45, 2.75) is 57.2 Å². The molecule has 0 spiro atoms. The molecule has 0 aromatic heterocycles. The third-order valence-corrected chi connectivity index (χ3v) is 4.72. The Hall–Kier alpha value is -0.120. The van der Waals surface area contributed by atoms with Crippen molar-refractivity contribution in [1.82, 2.24) is 15.1 Å². The summed E-state index contributed by atoms with van der Waals surface area (Å²) in [6.45, 7) is 6.04. The van der Waals surface area contributed by atoms with E-state index in [2.05, 4.69) is 36.1 Å². The van der Waals surface area contributed by atoms with Gasteiger partial charge in [-0.1, -0.05) is 12.8 Å². The minimum Gasteiger partial charge on any atom is -0.320 e. The highest BCUT2D eigenvalue weighted by molar-refractivity contribution is 4.91. The fraction of sp³-hybridized carbons (Fsp3) is 1.00. The molecule has 2 aliphatic rings. The number of hydrogen-bond acceptors (Lipinski definition) is 3. The molecule has 0 amide bonds. The number of likely N-dealkylation sites (N-methyl/N-ethyl adjacent to an activating group) is 1. The van der Waals surface area contributed by atoms with Crippen molar-refractivity contribution >= 4 is 0 Å². The van der Waals surface area contributed by atoms with Crippen molar-refractivity contribution in [2.24, 2.45) is 0 Å². The maximum absolute atomic E-state index is 3.31. The third kappa shape index (κ3) is 3.21. The first kappa shape index (κ1) is 13.3. The molecular weight excluding hydrogens is 210 g/mol. The van der Waals surface area contributed by atoms with Gasteiger partial charge in [-0.15, -0.1) is 0 Å². The van der Waals surface area contributed by atoms with Crippen molar-refractivity contribution < 1.29 is 0 Å². The average molecular weight is 239 g/mol. The summed E-state index contributed by atoms with van der Waals surface area (Å²) >= 11 is 0. The summed E-state index contributed by atoms with van der Waals surface area (Å²) in [5.74, 6) is 0. The highest BCUT2D eigenvalue weighted by Crippen LogP contribution is 2.28. The topological polar surface area (TPSA) is 18.5 Å². The largest absolute Gasteiger partial charge is 0.320 e. The van der Waals surface area contributed by atoms with Crippen LogP contribution in [0, 0.1) is 0 Å². The number of rotatable bonds is 4. The van der Waals surface area contributed by atoms with Crippen molar-refractivity contribution in [2.75, 3.05) is 33.7 Å². The first-order valence-electron chi connectivity index (χ1n) is 7.33. The lowest BCUT2D eigenvalue weighted by Gasteiger charge is -2.46. The van der Waals surface area contributed by atoms with Crippen molar-refractivity contribution in [3.05, 3.63) is 0 Å². The van der Waals surface area contributed by atoms with Crippen LogP contribution in [0.4, 0.5) is 0 Å². The predicted octanol–water partition coefficient (Wildman–Crippen LogP) is 1.54. The quantitative estimate of drug-likeness (QED) is 0.803. The van der Waals surface area contributed by atoms with E-state index in [9.17, 15) is 0 Å². The molecule has 0 aromatic rings. The maximum atomic E-state index is 3.31. The summed E-state index contributed by atoms with van der Waals surface area (Å²) in [4.78, 5) is 5.36. The Balaban J connectivity index is 1.97. The van der Waals surface area contributed by atoms with Gasteiger partial charge in [0.25, 0.3) is 0 Å². The molecule has 1 heterocycles. The van der Waals surface area contributed by atoms with Crippen molar-refractivity contribution in [1.29, 1.82) is 0 Å². The van der Waals surface area contributed by atoms with Crippen LogP contribution < -0.4 is 5.32 Å². The van der Waals surface area contributed by atoms with Gasteiger partial charge in [-0.25, -0.2) is 0 Å². The van der Waals surface area contributed by atoms with Crippen LogP contribution in [0.25, 0.3) is 0 Å². The lowest BCUT2D eigenvalue weighted by atomic mass is 10.0. The van der Waals surface area contributed by atoms with Gasteiger partial charge in [-0.2, -0.15) is 0 Å². The molecule has 0 bridgehead atoms. The van der Waals surface area contributed by atoms with Crippen LogP contribution in [-0.4, -0.2) is 61.7 Å². The van der Waals surface area contributed by atoms with E-state index in [0.717, 1.165) is 24.7 Å². The van der Waals surface area contributed by atoms with Crippen LogP contribution in [0.2, 0.25) is 0 Å². The molecule has 1 aliphatic heterocycles. The molecule has 100 valence electrons. The van der Waals surface area contributed by atoms with E-state index < -0.39 is 0 Å². The molecule has 2 fully saturated rings. The Kier molecular flexibility index (Phi) is 4.83. The number of nitrogens with one attached hydrogen (secondary N) is 1. The van der Waals surface area contributed by atoms with E-state index >= 15 is 0 Å². The van der Waals surface area contributed by atoms with E-state index in [-0.39, 0.29) is 0 Å². The summed E-state index contributed by atoms with van der Waals surface area (Å²) < 4.78 is 0. The first-order chi connectivity index (χ1) is 8.22. The molecule has 1 N–H and O–H groups in total. The number of hydrogen-bond donors (Lipinski definition) is 1. The van der Waals surface area contributed by atoms with Gasteiger partial charge < -0.3 is 10.2 Å². The molecule has 0 radical (unpaired) electrons. The summed E-state index contributed by atoms with van der Waals surface area (Å²) in [5.41, 5.74) is 0. The first-order valence-corrected chi connectivity index (χ1v) is 7.33. The number of nitrogens with zero attached hydrogens (tertiary/aromatic N) is 2. The van der Waals surface area contributed by atoms with Crippen molar-refractivity contribution in [3.63, 3.8) is 0 Å². The molecule has 1 aliphatic carbocycles. The Bertz CT molecular complexity index is 226. The molecule has 2 atom stereocenters. The van der Waals surface area contributed by atoms with Gasteiger partial charge in [0, 0.05) is 31.2 Å². The van der Waals surface area contributed by atoms with Gasteiger partial charge in [-0.3, -0.25) is 4.90 Å². The van der Waals surface area contributed by atoms with E-state index in [1.807, 2.05) is 0 Å². The zero-order valence-electron chi connectivity index (χ0n) is 11.8. The van der Waals surface area contributed by atoms with Crippen LogP contribution >= 0.6 is 0 Å². The Morgan fingerprint density at radius 3 is 2.53 bits per heavy atom. The molecule has 2 rings (SSSR count). The molecule has 1 saturated carbocycles. The minimum atomic E-state index is 0.724. The zero-order chi connectivity index (χ0) is 12.3. The second-order valence-electron chi connectivity index (χ2n) is 5.97. The number of piperazine rings is 1. The van der Waals surface area contributed by atoms with E-state index in [0.29, 0.717) is 0 Å². The van der Waals surface area contributed by atoms with Gasteiger partial charge in [0.1, 0.15) is 0 Å². The summed E-state index contributed by atoms with van der Waals surface area (Å²) in [7, 11) is 4.35. The van der Waals surface area contributed by atoms with Crippen LogP contribution in [0.5, 0.6) is 0 Å². The smallest absolute Gasteiger partial charge is 0.0238 e. The fourth-order valence-corrected chi connectivity index (χ4v) is 3.46. The molecule has 0 aromatic carbocycles. The Morgan fingerprint density at radius 1 is 1.18 bits per heavy atom. The highest BCUT2D eigenvalue weighted by atomic mass is 15.3. The van der Waals surface area contributed by atoms with Gasteiger partial charge in [0.15, 0.2) is 0 Å². The van der Waals surface area contributed by atoms with Gasteiger partial charge in [0.2, 0.25) is 0 Å². The average Bonchev–Trinajstić information content (AvgIpc) is 2.83. The van der Waals surface area contributed by atoms with Crippen LogP contribution in [0.1, 0.15) is 39.0 Å². The minimum absolute atomic E-state index is 0.724. The summed E-state index contributed by atoms with van der Waals surface area (Å²) in [6, 6.07) is 2.38. The fourth-order valence-electron chi connectivity index (χ4n) is 3.46. The highest BCUT2D eigenvalue weighted by Gasteiger charge is 2.34. The monoisotopic (exact) mass is 239 g/mol. The Labute approximate surface area is 107 Å². The van der Waals surface area contributed by atoms with Crippen LogP contribution in [0.3, 0.4) is 0 Å². The molecule has 3 nitrogen and oxygen atoms in total. The molecule has 1 saturated heterocycles. The van der Waals surface area contributed by atoms with E-state index in [1.165, 1.54) is 45.2 Å². The van der Waals surface area contributed by atoms with Gasteiger partial charge in [0.05, 0.1) is 0 Å². The Morgan fingerprint density at radius 2 is 1.88 bits per heavy atom. The second kappa shape index (κ2) is 6.17. The predicted molar refractivity (Wildman–Crippen MR) is 73.4 cm³/mol. The summed E-state index contributed by atoms with van der Waals surface area (Å²) in [5, 5.41) is 3.31. The SMILES string of the molecule is CNCCC1CN(C)C(C)CN1C1CCCC1. The van der Waals surface area contributed by atoms with E-state index in [4.69, 9.17) is 0 Å². The van der Waals surface area contributed by atoms with Gasteiger partial charge in [-0.05, 0) is 46.8 Å². The molecule has 17 heavy (non-hydrogen) atoms. The van der Waals surface area contributed by atoms with Crippen molar-refractivity contribution in [3.8, 4) is 0 Å². The standard InChI is InChI=1S/C14H29N3/c1-12-10-17(13-6-4-5-7-13)14(8-9-15-2)11-16(12)3/h12-15H,4-11H2,1-3H3. The molecular formula is C14H29N3. The lowest BCUT2D eigenvalue weighted by Crippen LogP contribution is -2.59. The van der Waals surface area contributed by atoms with Crippen LogP contribution in [-0.2, 0) is 0 Å². The zero-order valence-corrected chi connectivity index (χ0v) is 11.8. The second-order valence-corrected chi connectivity index (χ2v) is 5.97. The normalized spacial score (nSPS) is 33.4. The summed E-state index contributed by atoms with van der Waals surface area (Å²) in [6.07, 6.45) is 7.07. The lowest BCUT2D eigenvalue weighted by molar-refractivity contribution is 0.0187. The third-order valence-electron chi connectivity index (χ3n) is 4.72. The van der Waals surface area contributed by atoms with Gasteiger partial charge >= 0.3 is 0 Å². The molecule has 3 heteroatoms.